The number of aromatic amines is 1. The quantitative estimate of drug-likeness (QED) is 0.308. The van der Waals surface area contributed by atoms with Gasteiger partial charge in [0.1, 0.15) is 11.6 Å². The van der Waals surface area contributed by atoms with Gasteiger partial charge in [-0.05, 0) is 51.5 Å². The molecular formula is C31H36F3N7O3. The summed E-state index contributed by atoms with van der Waals surface area (Å²) in [4.78, 5) is 41.4. The highest BCUT2D eigenvalue weighted by Gasteiger charge is 2.34. The first kappa shape index (κ1) is 31.2. The monoisotopic (exact) mass is 611 g/mol. The first-order chi connectivity index (χ1) is 20.9. The van der Waals surface area contributed by atoms with Crippen LogP contribution in [0.4, 0.5) is 13.2 Å². The molecule has 0 saturated carbocycles. The molecule has 1 unspecified atom stereocenters. The summed E-state index contributed by atoms with van der Waals surface area (Å²) in [5.74, 6) is 0.641. The van der Waals surface area contributed by atoms with Gasteiger partial charge in [0.05, 0.1) is 31.3 Å². The standard InChI is InChI=1S/C31H36F3N7O3/c1-18-12-27(44-5)25(30(43)38-18)16-37-29(42)24-13-26-23(22-14-35-21(4)36-15-22)6-7-41(26)28(19(24)2)20(3)40-10-8-39(9-11-40)17-31(32,33)34/h6-7,12-15,20H,8-11,16-17H2,1-5H3,(H,37,42)(H,38,43). The molecule has 4 aromatic rings. The molecule has 13 heteroatoms. The number of piperazine rings is 1. The van der Waals surface area contributed by atoms with Crippen molar-refractivity contribution in [3.05, 3.63) is 81.0 Å². The first-order valence-electron chi connectivity index (χ1n) is 14.4. The van der Waals surface area contributed by atoms with Crippen molar-refractivity contribution in [2.45, 2.75) is 46.5 Å². The van der Waals surface area contributed by atoms with Crippen molar-refractivity contribution < 1.29 is 22.7 Å². The average Bonchev–Trinajstić information content (AvgIpc) is 3.39. The van der Waals surface area contributed by atoms with E-state index in [1.54, 1.807) is 32.3 Å². The molecule has 0 spiro atoms. The van der Waals surface area contributed by atoms with Crippen molar-refractivity contribution in [1.29, 1.82) is 0 Å². The third-order valence-corrected chi connectivity index (χ3v) is 8.22. The molecule has 0 aliphatic carbocycles. The molecule has 2 N–H and O–H groups in total. The SMILES string of the molecule is COc1cc(C)[nH]c(=O)c1CNC(=O)c1cc2c(-c3cnc(C)nc3)ccn2c(C(C)N2CCN(CC(F)(F)F)CC2)c1C. The summed E-state index contributed by atoms with van der Waals surface area (Å²) < 4.78 is 46.4. The zero-order valence-electron chi connectivity index (χ0n) is 25.4. The Morgan fingerprint density at radius 3 is 2.43 bits per heavy atom. The van der Waals surface area contributed by atoms with Crippen molar-refractivity contribution in [1.82, 2.24) is 34.5 Å². The van der Waals surface area contributed by atoms with Gasteiger partial charge < -0.3 is 19.4 Å². The Bertz CT molecular complexity index is 1720. The number of hydrogen-bond donors (Lipinski definition) is 2. The van der Waals surface area contributed by atoms with Crippen LogP contribution in [0, 0.1) is 20.8 Å². The number of carbonyl (C=O) groups is 1. The minimum atomic E-state index is -4.24. The Labute approximate surface area is 252 Å². The van der Waals surface area contributed by atoms with Gasteiger partial charge in [-0.1, -0.05) is 0 Å². The molecule has 5 heterocycles. The zero-order valence-corrected chi connectivity index (χ0v) is 25.4. The minimum Gasteiger partial charge on any atom is -0.496 e. The molecule has 44 heavy (non-hydrogen) atoms. The maximum Gasteiger partial charge on any atom is 0.401 e. The van der Waals surface area contributed by atoms with Crippen LogP contribution in [-0.4, -0.2) is 81.1 Å². The molecule has 0 radical (unpaired) electrons. The van der Waals surface area contributed by atoms with Crippen LogP contribution in [0.2, 0.25) is 0 Å². The van der Waals surface area contributed by atoms with Crippen LogP contribution in [0.5, 0.6) is 5.75 Å². The van der Waals surface area contributed by atoms with E-state index in [0.717, 1.165) is 27.9 Å². The maximum absolute atomic E-state index is 13.8. The largest absolute Gasteiger partial charge is 0.496 e. The van der Waals surface area contributed by atoms with Crippen LogP contribution < -0.4 is 15.6 Å². The third-order valence-electron chi connectivity index (χ3n) is 8.22. The number of pyridine rings is 2. The molecule has 1 saturated heterocycles. The van der Waals surface area contributed by atoms with E-state index in [2.05, 4.69) is 25.2 Å². The molecule has 234 valence electrons. The summed E-state index contributed by atoms with van der Waals surface area (Å²) in [6.45, 7) is 7.93. The molecule has 1 fully saturated rings. The van der Waals surface area contributed by atoms with Crippen molar-refractivity contribution >= 4 is 11.4 Å². The lowest BCUT2D eigenvalue weighted by atomic mass is 9.99. The second kappa shape index (κ2) is 12.4. The Morgan fingerprint density at radius 2 is 1.80 bits per heavy atom. The molecule has 1 aliphatic heterocycles. The molecule has 1 atom stereocenters. The van der Waals surface area contributed by atoms with Crippen molar-refractivity contribution in [2.75, 3.05) is 39.8 Å². The Balaban J connectivity index is 1.52. The fraction of sp³-hybridized carbons (Fsp3) is 0.419. The Morgan fingerprint density at radius 1 is 1.11 bits per heavy atom. The van der Waals surface area contributed by atoms with Gasteiger partial charge in [-0.15, -0.1) is 0 Å². The van der Waals surface area contributed by atoms with Crippen LogP contribution in [0.15, 0.2) is 41.6 Å². The van der Waals surface area contributed by atoms with Gasteiger partial charge >= 0.3 is 6.18 Å². The predicted molar refractivity (Wildman–Crippen MR) is 160 cm³/mol. The molecule has 1 amide bonds. The molecule has 0 aromatic carbocycles. The normalized spacial score (nSPS) is 15.5. The number of methoxy groups -OCH3 is 1. The first-order valence-corrected chi connectivity index (χ1v) is 14.4. The molecular weight excluding hydrogens is 575 g/mol. The number of nitrogens with one attached hydrogen (secondary N) is 2. The van der Waals surface area contributed by atoms with Gasteiger partial charge in [0.2, 0.25) is 0 Å². The highest BCUT2D eigenvalue weighted by atomic mass is 19.4. The maximum atomic E-state index is 13.8. The van der Waals surface area contributed by atoms with Gasteiger partial charge in [0.25, 0.3) is 11.5 Å². The van der Waals surface area contributed by atoms with E-state index in [4.69, 9.17) is 4.74 Å². The van der Waals surface area contributed by atoms with Gasteiger partial charge in [-0.25, -0.2) is 9.97 Å². The van der Waals surface area contributed by atoms with Gasteiger partial charge in [-0.3, -0.25) is 19.4 Å². The number of ether oxygens (including phenoxy) is 1. The van der Waals surface area contributed by atoms with Gasteiger partial charge in [-0.2, -0.15) is 13.2 Å². The Hall–Kier alpha value is -4.23. The number of aryl methyl sites for hydroxylation is 2. The molecule has 10 nitrogen and oxygen atoms in total. The lowest BCUT2D eigenvalue weighted by molar-refractivity contribution is -0.149. The summed E-state index contributed by atoms with van der Waals surface area (Å²) in [6.07, 6.45) is 1.15. The topological polar surface area (TPSA) is 108 Å². The summed E-state index contributed by atoms with van der Waals surface area (Å²) in [6, 6.07) is 5.24. The smallest absolute Gasteiger partial charge is 0.401 e. The highest BCUT2D eigenvalue weighted by molar-refractivity contribution is 5.98. The fourth-order valence-electron chi connectivity index (χ4n) is 5.93. The zero-order chi connectivity index (χ0) is 31.8. The van der Waals surface area contributed by atoms with Crippen LogP contribution in [0.3, 0.4) is 0 Å². The molecule has 4 aromatic heterocycles. The molecule has 0 bridgehead atoms. The lowest BCUT2D eigenvalue weighted by Crippen LogP contribution is -2.49. The second-order valence-corrected chi connectivity index (χ2v) is 11.2. The summed E-state index contributed by atoms with van der Waals surface area (Å²) >= 11 is 0. The second-order valence-electron chi connectivity index (χ2n) is 11.2. The van der Waals surface area contributed by atoms with Crippen LogP contribution in [0.25, 0.3) is 16.6 Å². The number of aromatic nitrogens is 4. The van der Waals surface area contributed by atoms with E-state index in [1.807, 2.05) is 36.6 Å². The van der Waals surface area contributed by atoms with Gasteiger partial charge in [0, 0.05) is 78.9 Å². The van der Waals surface area contributed by atoms with E-state index >= 15 is 0 Å². The fourth-order valence-corrected chi connectivity index (χ4v) is 5.93. The van der Waals surface area contributed by atoms with Crippen LogP contribution in [-0.2, 0) is 6.54 Å². The van der Waals surface area contributed by atoms with Crippen LogP contribution >= 0.6 is 0 Å². The van der Waals surface area contributed by atoms with E-state index < -0.39 is 12.7 Å². The third kappa shape index (κ3) is 6.48. The Kier molecular flexibility index (Phi) is 8.80. The van der Waals surface area contributed by atoms with E-state index in [1.165, 1.54) is 12.0 Å². The van der Waals surface area contributed by atoms with E-state index in [0.29, 0.717) is 41.5 Å². The number of amides is 1. The number of halogens is 3. The number of rotatable bonds is 8. The summed E-state index contributed by atoms with van der Waals surface area (Å²) in [5.41, 5.74) is 4.97. The number of alkyl halides is 3. The summed E-state index contributed by atoms with van der Waals surface area (Å²) in [5, 5.41) is 2.89. The van der Waals surface area contributed by atoms with Crippen LogP contribution in [0.1, 0.15) is 51.7 Å². The number of nitrogens with zero attached hydrogens (tertiary/aromatic N) is 5. The van der Waals surface area contributed by atoms with Crippen molar-refractivity contribution in [2.24, 2.45) is 0 Å². The predicted octanol–water partition coefficient (Wildman–Crippen LogP) is 4.19. The number of fused-ring (bicyclic) bond motifs is 1. The van der Waals surface area contributed by atoms with Crippen molar-refractivity contribution in [3.8, 4) is 16.9 Å². The van der Waals surface area contributed by atoms with E-state index in [-0.39, 0.29) is 37.1 Å². The number of carbonyl (C=O) groups excluding carboxylic acids is 1. The van der Waals surface area contributed by atoms with E-state index in [9.17, 15) is 22.8 Å². The van der Waals surface area contributed by atoms with Crippen molar-refractivity contribution in [3.63, 3.8) is 0 Å². The lowest BCUT2D eigenvalue weighted by Gasteiger charge is -2.39. The van der Waals surface area contributed by atoms with Gasteiger partial charge in [0.15, 0.2) is 0 Å². The number of H-pyrrole nitrogens is 1. The average molecular weight is 612 g/mol. The minimum absolute atomic E-state index is 0.0477. The number of hydrogen-bond acceptors (Lipinski definition) is 7. The summed E-state index contributed by atoms with van der Waals surface area (Å²) in [7, 11) is 1.47. The molecule has 5 rings (SSSR count). The highest BCUT2D eigenvalue weighted by Crippen LogP contribution is 2.34. The molecule has 1 aliphatic rings.